The largest absolute Gasteiger partial charge is 0.343 e. The highest BCUT2D eigenvalue weighted by molar-refractivity contribution is 7.09. The summed E-state index contributed by atoms with van der Waals surface area (Å²) < 4.78 is 0. The molecule has 1 saturated heterocycles. The van der Waals surface area contributed by atoms with Gasteiger partial charge in [0.25, 0.3) is 0 Å². The monoisotopic (exact) mass is 281 g/mol. The lowest BCUT2D eigenvalue weighted by atomic mass is 10.0. The van der Waals surface area contributed by atoms with Gasteiger partial charge < -0.3 is 10.2 Å². The van der Waals surface area contributed by atoms with Crippen LogP contribution in [-0.2, 0) is 11.2 Å². The fourth-order valence-electron chi connectivity index (χ4n) is 2.52. The van der Waals surface area contributed by atoms with Crippen LogP contribution in [0.2, 0.25) is 0 Å². The SMILES string of the molecule is Cc1nc(CCCC(=O)N(C)C2CCNCC2)cs1. The van der Waals surface area contributed by atoms with E-state index in [1.165, 1.54) is 0 Å². The minimum Gasteiger partial charge on any atom is -0.343 e. The summed E-state index contributed by atoms with van der Waals surface area (Å²) in [5.41, 5.74) is 1.12. The van der Waals surface area contributed by atoms with Gasteiger partial charge in [-0.1, -0.05) is 0 Å². The average molecular weight is 281 g/mol. The molecular weight excluding hydrogens is 258 g/mol. The lowest BCUT2D eigenvalue weighted by Crippen LogP contribution is -2.43. The topological polar surface area (TPSA) is 45.2 Å². The standard InChI is InChI=1S/C14H23N3OS/c1-11-16-12(10-19-11)4-3-5-14(18)17(2)13-6-8-15-9-7-13/h10,13,15H,3-9H2,1-2H3. The molecule has 1 N–H and O–H groups in total. The maximum Gasteiger partial charge on any atom is 0.222 e. The number of thiazole rings is 1. The van der Waals surface area contributed by atoms with Gasteiger partial charge >= 0.3 is 0 Å². The van der Waals surface area contributed by atoms with Crippen LogP contribution in [-0.4, -0.2) is 42.0 Å². The van der Waals surface area contributed by atoms with Crippen LogP contribution in [0.15, 0.2) is 5.38 Å². The van der Waals surface area contributed by atoms with E-state index in [-0.39, 0.29) is 5.91 Å². The zero-order valence-electron chi connectivity index (χ0n) is 11.8. The minimum absolute atomic E-state index is 0.277. The number of hydrogen-bond acceptors (Lipinski definition) is 4. The van der Waals surface area contributed by atoms with Crippen molar-refractivity contribution in [3.05, 3.63) is 16.1 Å². The summed E-state index contributed by atoms with van der Waals surface area (Å²) in [4.78, 5) is 18.5. The summed E-state index contributed by atoms with van der Waals surface area (Å²) >= 11 is 1.68. The van der Waals surface area contributed by atoms with Crippen LogP contribution < -0.4 is 5.32 Å². The van der Waals surface area contributed by atoms with Crippen LogP contribution in [0.5, 0.6) is 0 Å². The number of carbonyl (C=O) groups is 1. The van der Waals surface area contributed by atoms with Crippen molar-refractivity contribution in [3.8, 4) is 0 Å². The van der Waals surface area contributed by atoms with Crippen LogP contribution in [0.1, 0.15) is 36.4 Å². The molecule has 19 heavy (non-hydrogen) atoms. The molecule has 0 atom stereocenters. The number of piperidine rings is 1. The van der Waals surface area contributed by atoms with Crippen LogP contribution in [0.3, 0.4) is 0 Å². The van der Waals surface area contributed by atoms with E-state index in [9.17, 15) is 4.79 Å². The number of aryl methyl sites for hydroxylation is 2. The summed E-state index contributed by atoms with van der Waals surface area (Å²) in [5.74, 6) is 0.277. The van der Waals surface area contributed by atoms with Gasteiger partial charge in [0.05, 0.1) is 10.7 Å². The summed E-state index contributed by atoms with van der Waals surface area (Å²) in [6.45, 7) is 4.07. The van der Waals surface area contributed by atoms with E-state index in [0.717, 1.165) is 49.5 Å². The maximum atomic E-state index is 12.1. The molecule has 0 aliphatic carbocycles. The second-order valence-electron chi connectivity index (χ2n) is 5.20. The van der Waals surface area contributed by atoms with Crippen LogP contribution >= 0.6 is 11.3 Å². The molecule has 1 fully saturated rings. The Balaban J connectivity index is 1.71. The van der Waals surface area contributed by atoms with E-state index in [2.05, 4.69) is 15.7 Å². The third-order valence-electron chi connectivity index (χ3n) is 3.74. The molecule has 0 aromatic carbocycles. The van der Waals surface area contributed by atoms with E-state index >= 15 is 0 Å². The molecule has 1 amide bonds. The van der Waals surface area contributed by atoms with Crippen molar-refractivity contribution in [2.75, 3.05) is 20.1 Å². The Morgan fingerprint density at radius 3 is 2.89 bits per heavy atom. The molecular formula is C14H23N3OS. The molecule has 1 aromatic rings. The smallest absolute Gasteiger partial charge is 0.222 e. The Hall–Kier alpha value is -0.940. The Morgan fingerprint density at radius 1 is 1.53 bits per heavy atom. The molecule has 2 rings (SSSR count). The number of rotatable bonds is 5. The number of nitrogens with one attached hydrogen (secondary N) is 1. The van der Waals surface area contributed by atoms with E-state index < -0.39 is 0 Å². The van der Waals surface area contributed by atoms with Crippen molar-refractivity contribution in [2.45, 2.75) is 45.1 Å². The molecule has 5 heteroatoms. The van der Waals surface area contributed by atoms with Crippen molar-refractivity contribution in [2.24, 2.45) is 0 Å². The fraction of sp³-hybridized carbons (Fsp3) is 0.714. The summed E-state index contributed by atoms with van der Waals surface area (Å²) in [6, 6.07) is 0.426. The highest BCUT2D eigenvalue weighted by Gasteiger charge is 2.21. The van der Waals surface area contributed by atoms with Gasteiger partial charge in [-0.05, 0) is 45.7 Å². The Morgan fingerprint density at radius 2 is 2.26 bits per heavy atom. The Labute approximate surface area is 119 Å². The summed E-state index contributed by atoms with van der Waals surface area (Å²) in [6.07, 6.45) is 4.60. The molecule has 0 bridgehead atoms. The van der Waals surface area contributed by atoms with E-state index in [1.54, 1.807) is 11.3 Å². The van der Waals surface area contributed by atoms with Crippen molar-refractivity contribution in [1.82, 2.24) is 15.2 Å². The van der Waals surface area contributed by atoms with Gasteiger partial charge in [-0.2, -0.15) is 0 Å². The van der Waals surface area contributed by atoms with Crippen LogP contribution in [0.25, 0.3) is 0 Å². The van der Waals surface area contributed by atoms with Crippen molar-refractivity contribution < 1.29 is 4.79 Å². The Kier molecular flexibility index (Phi) is 5.34. The quantitative estimate of drug-likeness (QED) is 0.897. The highest BCUT2D eigenvalue weighted by Crippen LogP contribution is 2.14. The molecule has 0 unspecified atom stereocenters. The normalized spacial score (nSPS) is 16.5. The van der Waals surface area contributed by atoms with E-state index in [0.29, 0.717) is 12.5 Å². The first-order chi connectivity index (χ1) is 9.16. The van der Waals surface area contributed by atoms with Gasteiger partial charge in [0.15, 0.2) is 0 Å². The number of hydrogen-bond donors (Lipinski definition) is 1. The average Bonchev–Trinajstić information content (AvgIpc) is 2.84. The lowest BCUT2D eigenvalue weighted by molar-refractivity contribution is -0.132. The van der Waals surface area contributed by atoms with Crippen molar-refractivity contribution in [3.63, 3.8) is 0 Å². The van der Waals surface area contributed by atoms with Gasteiger partial charge in [0, 0.05) is 24.9 Å². The third kappa shape index (κ3) is 4.28. The molecule has 1 aliphatic heterocycles. The molecule has 1 aliphatic rings. The van der Waals surface area contributed by atoms with Gasteiger partial charge in [0.2, 0.25) is 5.91 Å². The van der Waals surface area contributed by atoms with Gasteiger partial charge in [0.1, 0.15) is 0 Å². The minimum atomic E-state index is 0.277. The summed E-state index contributed by atoms with van der Waals surface area (Å²) in [5, 5.41) is 6.53. The van der Waals surface area contributed by atoms with Crippen LogP contribution in [0, 0.1) is 6.92 Å². The zero-order chi connectivity index (χ0) is 13.7. The second kappa shape index (κ2) is 7.01. The second-order valence-corrected chi connectivity index (χ2v) is 6.26. The molecule has 1 aromatic heterocycles. The first-order valence-electron chi connectivity index (χ1n) is 7.04. The van der Waals surface area contributed by atoms with Crippen molar-refractivity contribution in [1.29, 1.82) is 0 Å². The van der Waals surface area contributed by atoms with Crippen LogP contribution in [0.4, 0.5) is 0 Å². The predicted octanol–water partition coefficient (Wildman–Crippen LogP) is 1.98. The molecule has 0 spiro atoms. The molecule has 0 saturated carbocycles. The third-order valence-corrected chi connectivity index (χ3v) is 4.56. The van der Waals surface area contributed by atoms with E-state index in [1.807, 2.05) is 18.9 Å². The predicted molar refractivity (Wildman–Crippen MR) is 78.5 cm³/mol. The highest BCUT2D eigenvalue weighted by atomic mass is 32.1. The van der Waals surface area contributed by atoms with Gasteiger partial charge in [-0.15, -0.1) is 11.3 Å². The van der Waals surface area contributed by atoms with Crippen molar-refractivity contribution >= 4 is 17.2 Å². The number of carbonyl (C=O) groups excluding carboxylic acids is 1. The number of nitrogens with zero attached hydrogens (tertiary/aromatic N) is 2. The molecule has 106 valence electrons. The number of amides is 1. The summed E-state index contributed by atoms with van der Waals surface area (Å²) in [7, 11) is 1.95. The van der Waals surface area contributed by atoms with Gasteiger partial charge in [-0.3, -0.25) is 4.79 Å². The fourth-order valence-corrected chi connectivity index (χ4v) is 3.16. The molecule has 4 nitrogen and oxygen atoms in total. The first-order valence-corrected chi connectivity index (χ1v) is 7.92. The lowest BCUT2D eigenvalue weighted by Gasteiger charge is -2.31. The molecule has 0 radical (unpaired) electrons. The van der Waals surface area contributed by atoms with E-state index in [4.69, 9.17) is 0 Å². The van der Waals surface area contributed by atoms with Gasteiger partial charge in [-0.25, -0.2) is 4.98 Å². The number of aromatic nitrogens is 1. The molecule has 2 heterocycles. The maximum absolute atomic E-state index is 12.1. The first kappa shape index (κ1) is 14.5. The zero-order valence-corrected chi connectivity index (χ0v) is 12.6. The Bertz CT molecular complexity index is 413.